The largest absolute Gasteiger partial charge is 0.378 e. The van der Waals surface area contributed by atoms with Crippen molar-refractivity contribution in [1.82, 2.24) is 19.9 Å². The average Bonchev–Trinajstić information content (AvgIpc) is 3.17. The number of halogens is 1. The number of nitrogens with zero attached hydrogens (tertiary/aromatic N) is 4. The van der Waals surface area contributed by atoms with Gasteiger partial charge in [-0.05, 0) is 43.7 Å². The van der Waals surface area contributed by atoms with Crippen LogP contribution in [0.3, 0.4) is 0 Å². The molecule has 2 saturated heterocycles. The molecule has 0 bridgehead atoms. The number of hydrogen-bond donors (Lipinski definition) is 0. The molecule has 7 nitrogen and oxygen atoms in total. The number of aromatic nitrogens is 2. The van der Waals surface area contributed by atoms with Crippen LogP contribution in [0.25, 0.3) is 11.4 Å². The van der Waals surface area contributed by atoms with Crippen LogP contribution < -0.4 is 0 Å². The second-order valence-electron chi connectivity index (χ2n) is 7.03. The van der Waals surface area contributed by atoms with E-state index < -0.39 is 0 Å². The minimum absolute atomic E-state index is 0.0470. The van der Waals surface area contributed by atoms with Gasteiger partial charge in [-0.3, -0.25) is 9.69 Å². The molecule has 1 unspecified atom stereocenters. The van der Waals surface area contributed by atoms with E-state index in [-0.39, 0.29) is 11.8 Å². The van der Waals surface area contributed by atoms with Crippen molar-refractivity contribution in [2.75, 3.05) is 39.4 Å². The van der Waals surface area contributed by atoms with Gasteiger partial charge in [-0.2, -0.15) is 4.98 Å². The molecule has 0 spiro atoms. The maximum Gasteiger partial charge on any atom is 0.241 e. The fourth-order valence-corrected chi connectivity index (χ4v) is 3.93. The highest BCUT2D eigenvalue weighted by Gasteiger charge is 2.30. The van der Waals surface area contributed by atoms with E-state index in [0.29, 0.717) is 44.6 Å². The van der Waals surface area contributed by atoms with Crippen molar-refractivity contribution >= 4 is 21.8 Å². The molecule has 8 heteroatoms. The Morgan fingerprint density at radius 1 is 1.19 bits per heavy atom. The Bertz CT molecular complexity index is 774. The second-order valence-corrected chi connectivity index (χ2v) is 7.95. The standard InChI is InChI=1S/C19H23BrN4O3/c20-16-5-3-14(4-6-16)18-21-17(27-22-18)13-23-7-1-2-15(12-23)19(25)24-8-10-26-11-9-24/h3-6,15H,1-2,7-13H2. The molecular formula is C19H23BrN4O3. The molecule has 2 fully saturated rings. The van der Waals surface area contributed by atoms with Crippen molar-refractivity contribution in [1.29, 1.82) is 0 Å². The number of rotatable bonds is 4. The smallest absolute Gasteiger partial charge is 0.241 e. The van der Waals surface area contributed by atoms with E-state index >= 15 is 0 Å². The normalized spacial score (nSPS) is 21.4. The van der Waals surface area contributed by atoms with Crippen LogP contribution >= 0.6 is 15.9 Å². The van der Waals surface area contributed by atoms with Gasteiger partial charge in [-0.25, -0.2) is 0 Å². The summed E-state index contributed by atoms with van der Waals surface area (Å²) in [4.78, 5) is 21.5. The van der Waals surface area contributed by atoms with Gasteiger partial charge < -0.3 is 14.2 Å². The van der Waals surface area contributed by atoms with E-state index in [0.717, 1.165) is 36.0 Å². The Morgan fingerprint density at radius 2 is 1.96 bits per heavy atom. The van der Waals surface area contributed by atoms with Crippen LogP contribution in [0.1, 0.15) is 18.7 Å². The number of carbonyl (C=O) groups excluding carboxylic acids is 1. The van der Waals surface area contributed by atoms with Gasteiger partial charge in [0.05, 0.1) is 25.7 Å². The van der Waals surface area contributed by atoms with Crippen LogP contribution in [0, 0.1) is 5.92 Å². The van der Waals surface area contributed by atoms with Gasteiger partial charge in [0.2, 0.25) is 17.6 Å². The summed E-state index contributed by atoms with van der Waals surface area (Å²) < 4.78 is 11.8. The number of likely N-dealkylation sites (tertiary alicyclic amines) is 1. The van der Waals surface area contributed by atoms with Crippen molar-refractivity contribution in [2.45, 2.75) is 19.4 Å². The maximum atomic E-state index is 12.8. The Hall–Kier alpha value is -1.77. The van der Waals surface area contributed by atoms with E-state index in [1.165, 1.54) is 0 Å². The van der Waals surface area contributed by atoms with E-state index in [2.05, 4.69) is 31.0 Å². The van der Waals surface area contributed by atoms with Crippen molar-refractivity contribution in [3.8, 4) is 11.4 Å². The number of amides is 1. The van der Waals surface area contributed by atoms with Crippen LogP contribution in [0.15, 0.2) is 33.3 Å². The third-order valence-electron chi connectivity index (χ3n) is 5.11. The topological polar surface area (TPSA) is 71.7 Å². The van der Waals surface area contributed by atoms with Gasteiger partial charge >= 0.3 is 0 Å². The van der Waals surface area contributed by atoms with Crippen LogP contribution in [0.2, 0.25) is 0 Å². The third kappa shape index (κ3) is 4.56. The minimum atomic E-state index is 0.0470. The average molecular weight is 435 g/mol. The summed E-state index contributed by atoms with van der Waals surface area (Å²) in [5.41, 5.74) is 0.923. The molecule has 1 atom stereocenters. The lowest BCUT2D eigenvalue weighted by Gasteiger charge is -2.35. The van der Waals surface area contributed by atoms with Crippen molar-refractivity contribution in [3.05, 3.63) is 34.6 Å². The van der Waals surface area contributed by atoms with Gasteiger partial charge in [0.1, 0.15) is 0 Å². The third-order valence-corrected chi connectivity index (χ3v) is 5.64. The summed E-state index contributed by atoms with van der Waals surface area (Å²) in [5, 5.41) is 4.09. The maximum absolute atomic E-state index is 12.8. The fraction of sp³-hybridized carbons (Fsp3) is 0.526. The molecule has 3 heterocycles. The van der Waals surface area contributed by atoms with Crippen LogP contribution in [0.5, 0.6) is 0 Å². The summed E-state index contributed by atoms with van der Waals surface area (Å²) in [6.07, 6.45) is 1.95. The SMILES string of the molecule is O=C(C1CCCN(Cc2nc(-c3ccc(Br)cc3)no2)C1)N1CCOCC1. The summed E-state index contributed by atoms with van der Waals surface area (Å²) >= 11 is 3.43. The lowest BCUT2D eigenvalue weighted by atomic mass is 9.96. The van der Waals surface area contributed by atoms with E-state index in [4.69, 9.17) is 9.26 Å². The molecule has 2 aliphatic rings. The van der Waals surface area contributed by atoms with Gasteiger partial charge in [0.25, 0.3) is 0 Å². The summed E-state index contributed by atoms with van der Waals surface area (Å²) in [6.45, 7) is 4.96. The Kier molecular flexibility index (Phi) is 5.85. The molecule has 1 amide bonds. The monoisotopic (exact) mass is 434 g/mol. The molecule has 4 rings (SSSR count). The molecule has 144 valence electrons. The lowest BCUT2D eigenvalue weighted by molar-refractivity contribution is -0.141. The van der Waals surface area contributed by atoms with E-state index in [1.54, 1.807) is 0 Å². The first-order valence-corrected chi connectivity index (χ1v) is 10.2. The molecule has 1 aromatic carbocycles. The first kappa shape index (κ1) is 18.6. The van der Waals surface area contributed by atoms with Gasteiger partial charge in [-0.1, -0.05) is 21.1 Å². The Morgan fingerprint density at radius 3 is 2.74 bits per heavy atom. The first-order valence-electron chi connectivity index (χ1n) is 9.36. The van der Waals surface area contributed by atoms with Crippen LogP contribution in [-0.2, 0) is 16.1 Å². The highest BCUT2D eigenvalue weighted by molar-refractivity contribution is 9.10. The van der Waals surface area contributed by atoms with Gasteiger partial charge in [0, 0.05) is 29.7 Å². The van der Waals surface area contributed by atoms with Gasteiger partial charge in [-0.15, -0.1) is 0 Å². The summed E-state index contributed by atoms with van der Waals surface area (Å²) in [6, 6.07) is 7.82. The zero-order valence-electron chi connectivity index (χ0n) is 15.1. The van der Waals surface area contributed by atoms with Crippen molar-refractivity contribution < 1.29 is 14.1 Å². The van der Waals surface area contributed by atoms with Crippen LogP contribution in [-0.4, -0.2) is 65.2 Å². The Balaban J connectivity index is 1.36. The summed E-state index contributed by atoms with van der Waals surface area (Å²) in [5.74, 6) is 1.48. The predicted molar refractivity (Wildman–Crippen MR) is 103 cm³/mol. The molecular weight excluding hydrogens is 412 g/mol. The number of carbonyl (C=O) groups is 1. The van der Waals surface area contributed by atoms with Crippen LogP contribution in [0.4, 0.5) is 0 Å². The minimum Gasteiger partial charge on any atom is -0.378 e. The lowest BCUT2D eigenvalue weighted by Crippen LogP contribution is -2.48. The van der Waals surface area contributed by atoms with E-state index in [9.17, 15) is 4.79 Å². The predicted octanol–water partition coefficient (Wildman–Crippen LogP) is 2.57. The molecule has 27 heavy (non-hydrogen) atoms. The Labute approximate surface area is 166 Å². The first-order chi connectivity index (χ1) is 13.2. The molecule has 0 N–H and O–H groups in total. The number of piperidine rings is 1. The number of morpholine rings is 1. The number of benzene rings is 1. The molecule has 2 aliphatic heterocycles. The quantitative estimate of drug-likeness (QED) is 0.736. The number of ether oxygens (including phenoxy) is 1. The fourth-order valence-electron chi connectivity index (χ4n) is 3.67. The van der Waals surface area contributed by atoms with Crippen molar-refractivity contribution in [3.63, 3.8) is 0 Å². The molecule has 0 radical (unpaired) electrons. The van der Waals surface area contributed by atoms with E-state index in [1.807, 2.05) is 29.2 Å². The zero-order valence-corrected chi connectivity index (χ0v) is 16.7. The second kappa shape index (κ2) is 8.50. The number of hydrogen-bond acceptors (Lipinski definition) is 6. The van der Waals surface area contributed by atoms with Crippen molar-refractivity contribution in [2.24, 2.45) is 5.92 Å². The van der Waals surface area contributed by atoms with Gasteiger partial charge in [0.15, 0.2) is 0 Å². The molecule has 1 aromatic heterocycles. The highest BCUT2D eigenvalue weighted by atomic mass is 79.9. The highest BCUT2D eigenvalue weighted by Crippen LogP contribution is 2.23. The summed E-state index contributed by atoms with van der Waals surface area (Å²) in [7, 11) is 0. The molecule has 0 aliphatic carbocycles. The molecule has 0 saturated carbocycles. The molecule has 2 aromatic rings. The zero-order chi connectivity index (χ0) is 18.6.